The fraction of sp³-hybridized carbons (Fsp3) is 0.769. The quantitative estimate of drug-likeness (QED) is 0.901. The van der Waals surface area contributed by atoms with E-state index in [1.54, 1.807) is 6.20 Å². The lowest BCUT2D eigenvalue weighted by atomic mass is 9.98. The van der Waals surface area contributed by atoms with Gasteiger partial charge in [-0.05, 0) is 34.7 Å². The third-order valence-electron chi connectivity index (χ3n) is 3.62. The summed E-state index contributed by atoms with van der Waals surface area (Å²) in [4.78, 5) is 0. The van der Waals surface area contributed by atoms with Crippen LogP contribution in [0.25, 0.3) is 0 Å². The van der Waals surface area contributed by atoms with E-state index in [0.717, 1.165) is 29.6 Å². The summed E-state index contributed by atoms with van der Waals surface area (Å²) in [6, 6.07) is 0. The molecule has 96 valence electrons. The van der Waals surface area contributed by atoms with Gasteiger partial charge in [-0.3, -0.25) is 4.68 Å². The molecule has 1 N–H and O–H groups in total. The van der Waals surface area contributed by atoms with E-state index >= 15 is 0 Å². The molecular weight excluding hydrogens is 280 g/mol. The zero-order valence-corrected chi connectivity index (χ0v) is 12.0. The number of rotatable bonds is 5. The molecule has 3 nitrogen and oxygen atoms in total. The van der Waals surface area contributed by atoms with Crippen molar-refractivity contribution in [2.75, 3.05) is 0 Å². The van der Waals surface area contributed by atoms with E-state index in [9.17, 15) is 5.11 Å². The van der Waals surface area contributed by atoms with Crippen LogP contribution >= 0.6 is 15.9 Å². The Morgan fingerprint density at radius 2 is 2.24 bits per heavy atom. The number of aryl methyl sites for hydroxylation is 1. The molecule has 0 aromatic carbocycles. The predicted octanol–water partition coefficient (Wildman–Crippen LogP) is 3.67. The molecule has 4 heteroatoms. The molecule has 1 aliphatic carbocycles. The van der Waals surface area contributed by atoms with Gasteiger partial charge < -0.3 is 5.11 Å². The summed E-state index contributed by atoms with van der Waals surface area (Å²) < 4.78 is 2.88. The van der Waals surface area contributed by atoms with Crippen molar-refractivity contribution in [3.8, 4) is 0 Å². The first-order valence-electron chi connectivity index (χ1n) is 6.61. The maximum atomic E-state index is 10.4. The van der Waals surface area contributed by atoms with Crippen molar-refractivity contribution >= 4 is 15.9 Å². The van der Waals surface area contributed by atoms with Gasteiger partial charge in [-0.1, -0.05) is 32.6 Å². The second-order valence-electron chi connectivity index (χ2n) is 5.00. The largest absolute Gasteiger partial charge is 0.387 e. The van der Waals surface area contributed by atoms with Crippen LogP contribution in [-0.4, -0.2) is 14.9 Å². The van der Waals surface area contributed by atoms with Gasteiger partial charge in [0.2, 0.25) is 0 Å². The number of nitrogens with zero attached hydrogens (tertiary/aromatic N) is 2. The number of aromatic nitrogens is 2. The van der Waals surface area contributed by atoms with Crippen LogP contribution in [0.5, 0.6) is 0 Å². The van der Waals surface area contributed by atoms with E-state index in [-0.39, 0.29) is 6.10 Å². The Morgan fingerprint density at radius 1 is 1.53 bits per heavy atom. The molecule has 17 heavy (non-hydrogen) atoms. The third-order valence-corrected chi connectivity index (χ3v) is 4.23. The van der Waals surface area contributed by atoms with E-state index in [1.807, 2.05) is 4.68 Å². The summed E-state index contributed by atoms with van der Waals surface area (Å²) in [5.41, 5.74) is 0.957. The van der Waals surface area contributed by atoms with E-state index in [0.29, 0.717) is 5.92 Å². The van der Waals surface area contributed by atoms with Crippen LogP contribution in [0.4, 0.5) is 0 Å². The fourth-order valence-corrected chi connectivity index (χ4v) is 3.33. The average Bonchev–Trinajstić information content (AvgIpc) is 2.89. The summed E-state index contributed by atoms with van der Waals surface area (Å²) in [6.07, 6.45) is 8.54. The Bertz CT molecular complexity index is 358. The molecule has 2 rings (SSSR count). The van der Waals surface area contributed by atoms with Crippen molar-refractivity contribution in [1.82, 2.24) is 9.78 Å². The molecule has 1 unspecified atom stereocenters. The SMILES string of the molecule is CCCn1ncc(Br)c1C(O)CC1CCCC1. The molecule has 1 aromatic heterocycles. The van der Waals surface area contributed by atoms with Gasteiger partial charge in [0, 0.05) is 6.54 Å². The van der Waals surface area contributed by atoms with E-state index < -0.39 is 0 Å². The summed E-state index contributed by atoms with van der Waals surface area (Å²) in [5.74, 6) is 0.696. The topological polar surface area (TPSA) is 38.0 Å². The molecule has 1 saturated carbocycles. The van der Waals surface area contributed by atoms with Crippen molar-refractivity contribution < 1.29 is 5.11 Å². The lowest BCUT2D eigenvalue weighted by Crippen LogP contribution is -2.12. The Morgan fingerprint density at radius 3 is 2.88 bits per heavy atom. The second kappa shape index (κ2) is 6.01. The first kappa shape index (κ1) is 13.1. The lowest BCUT2D eigenvalue weighted by molar-refractivity contribution is 0.134. The molecule has 1 aliphatic rings. The normalized spacial score (nSPS) is 18.8. The molecule has 1 atom stereocenters. The highest BCUT2D eigenvalue weighted by atomic mass is 79.9. The Hall–Kier alpha value is -0.350. The maximum Gasteiger partial charge on any atom is 0.0970 e. The van der Waals surface area contributed by atoms with Gasteiger partial charge >= 0.3 is 0 Å². The number of aliphatic hydroxyl groups excluding tert-OH is 1. The molecular formula is C13H21BrN2O. The monoisotopic (exact) mass is 300 g/mol. The lowest BCUT2D eigenvalue weighted by Gasteiger charge is -2.17. The van der Waals surface area contributed by atoms with Gasteiger partial charge in [-0.2, -0.15) is 5.10 Å². The molecule has 0 radical (unpaired) electrons. The van der Waals surface area contributed by atoms with E-state index in [2.05, 4.69) is 28.0 Å². The molecule has 0 aliphatic heterocycles. The highest BCUT2D eigenvalue weighted by Gasteiger charge is 2.23. The Labute approximate surface area is 111 Å². The number of halogens is 1. The number of hydrogen-bond donors (Lipinski definition) is 1. The third kappa shape index (κ3) is 3.10. The summed E-state index contributed by atoms with van der Waals surface area (Å²) in [6.45, 7) is 3.01. The minimum atomic E-state index is -0.374. The summed E-state index contributed by atoms with van der Waals surface area (Å²) >= 11 is 3.49. The van der Waals surface area contributed by atoms with Crippen molar-refractivity contribution in [2.24, 2.45) is 5.92 Å². The molecule has 1 fully saturated rings. The summed E-state index contributed by atoms with van der Waals surface area (Å²) in [5, 5.41) is 14.7. The van der Waals surface area contributed by atoms with Gasteiger partial charge in [-0.15, -0.1) is 0 Å². The Kier molecular flexibility index (Phi) is 4.62. The van der Waals surface area contributed by atoms with Crippen LogP contribution in [0.1, 0.15) is 57.2 Å². The van der Waals surface area contributed by atoms with Gasteiger partial charge in [0.1, 0.15) is 0 Å². The number of aliphatic hydroxyl groups is 1. The predicted molar refractivity (Wildman–Crippen MR) is 71.8 cm³/mol. The zero-order valence-electron chi connectivity index (χ0n) is 10.4. The van der Waals surface area contributed by atoms with Crippen LogP contribution in [0.3, 0.4) is 0 Å². The van der Waals surface area contributed by atoms with Crippen molar-refractivity contribution in [3.63, 3.8) is 0 Å². The van der Waals surface area contributed by atoms with Crippen LogP contribution in [0.15, 0.2) is 10.7 Å². The highest BCUT2D eigenvalue weighted by Crippen LogP contribution is 2.35. The van der Waals surface area contributed by atoms with Gasteiger partial charge in [-0.25, -0.2) is 0 Å². The fourth-order valence-electron chi connectivity index (χ4n) is 2.77. The van der Waals surface area contributed by atoms with Crippen molar-refractivity contribution in [2.45, 2.75) is 58.1 Å². The molecule has 0 amide bonds. The van der Waals surface area contributed by atoms with Crippen LogP contribution < -0.4 is 0 Å². The van der Waals surface area contributed by atoms with Gasteiger partial charge in [0.25, 0.3) is 0 Å². The van der Waals surface area contributed by atoms with E-state index in [4.69, 9.17) is 0 Å². The smallest absolute Gasteiger partial charge is 0.0970 e. The van der Waals surface area contributed by atoms with Gasteiger partial charge in [0.05, 0.1) is 22.5 Å². The van der Waals surface area contributed by atoms with Crippen molar-refractivity contribution in [3.05, 3.63) is 16.4 Å². The van der Waals surface area contributed by atoms with Gasteiger partial charge in [0.15, 0.2) is 0 Å². The van der Waals surface area contributed by atoms with Crippen LogP contribution in [-0.2, 0) is 6.54 Å². The first-order valence-corrected chi connectivity index (χ1v) is 7.41. The molecule has 0 saturated heterocycles. The minimum absolute atomic E-state index is 0.374. The first-order chi connectivity index (χ1) is 8.22. The molecule has 1 aromatic rings. The van der Waals surface area contributed by atoms with Crippen molar-refractivity contribution in [1.29, 1.82) is 0 Å². The maximum absolute atomic E-state index is 10.4. The second-order valence-corrected chi connectivity index (χ2v) is 5.86. The minimum Gasteiger partial charge on any atom is -0.387 e. The summed E-state index contributed by atoms with van der Waals surface area (Å²) in [7, 11) is 0. The van der Waals surface area contributed by atoms with Crippen LogP contribution in [0.2, 0.25) is 0 Å². The highest BCUT2D eigenvalue weighted by molar-refractivity contribution is 9.10. The zero-order chi connectivity index (χ0) is 12.3. The molecule has 1 heterocycles. The number of hydrogen-bond acceptors (Lipinski definition) is 2. The Balaban J connectivity index is 2.05. The average molecular weight is 301 g/mol. The molecule has 0 bridgehead atoms. The van der Waals surface area contributed by atoms with E-state index in [1.165, 1.54) is 25.7 Å². The molecule has 0 spiro atoms. The van der Waals surface area contributed by atoms with Crippen LogP contribution in [0, 0.1) is 5.92 Å². The standard InChI is InChI=1S/C13H21BrN2O/c1-2-7-16-13(11(14)9-15-16)12(17)8-10-5-3-4-6-10/h9-10,12,17H,2-8H2,1H3.